The van der Waals surface area contributed by atoms with E-state index < -0.39 is 0 Å². The van der Waals surface area contributed by atoms with Crippen LogP contribution >= 0.6 is 0 Å². The second-order valence-electron chi connectivity index (χ2n) is 6.51. The standard InChI is InChI=1S/C19H22N4O/c1-14-4-2-5-16(10-14)19(24)23-9-3-6-17(13-23)22-18-11-15(12-20)7-8-21-18/h2,5,7-8,10-11,14,17H,3-4,6,9,13H2,1H3,(H,21,22)/t14?,17-/m1/s1. The van der Waals surface area contributed by atoms with E-state index in [4.69, 9.17) is 5.26 Å². The first kappa shape index (κ1) is 16.3. The normalized spacial score (nSPS) is 23.3. The molecule has 0 aromatic carbocycles. The summed E-state index contributed by atoms with van der Waals surface area (Å²) in [6.07, 6.45) is 10.7. The number of pyridine rings is 1. The fraction of sp³-hybridized carbons (Fsp3) is 0.421. The molecule has 0 spiro atoms. The molecule has 24 heavy (non-hydrogen) atoms. The Balaban J connectivity index is 1.65. The van der Waals surface area contributed by atoms with Gasteiger partial charge in [0, 0.05) is 30.9 Å². The van der Waals surface area contributed by atoms with Crippen molar-refractivity contribution in [1.29, 1.82) is 5.26 Å². The average Bonchev–Trinajstić information content (AvgIpc) is 2.61. The molecule has 3 rings (SSSR count). The molecule has 1 fully saturated rings. The van der Waals surface area contributed by atoms with Crippen LogP contribution in [0.15, 0.2) is 42.1 Å². The highest BCUT2D eigenvalue weighted by Crippen LogP contribution is 2.21. The van der Waals surface area contributed by atoms with Gasteiger partial charge >= 0.3 is 0 Å². The number of allylic oxidation sites excluding steroid dienone is 2. The number of hydrogen-bond acceptors (Lipinski definition) is 4. The summed E-state index contributed by atoms with van der Waals surface area (Å²) in [5.41, 5.74) is 1.39. The molecule has 1 unspecified atom stereocenters. The van der Waals surface area contributed by atoms with E-state index in [0.717, 1.165) is 31.4 Å². The number of nitriles is 1. The number of carbonyl (C=O) groups excluding carboxylic acids is 1. The van der Waals surface area contributed by atoms with E-state index in [-0.39, 0.29) is 11.9 Å². The van der Waals surface area contributed by atoms with E-state index in [1.54, 1.807) is 18.3 Å². The van der Waals surface area contributed by atoms with Gasteiger partial charge in [-0.2, -0.15) is 5.26 Å². The summed E-state index contributed by atoms with van der Waals surface area (Å²) in [5, 5.41) is 12.3. The monoisotopic (exact) mass is 322 g/mol. The van der Waals surface area contributed by atoms with Crippen LogP contribution in [0.2, 0.25) is 0 Å². The maximum atomic E-state index is 12.7. The molecule has 2 aliphatic rings. The topological polar surface area (TPSA) is 69.0 Å². The van der Waals surface area contributed by atoms with Gasteiger partial charge in [0.2, 0.25) is 0 Å². The van der Waals surface area contributed by atoms with Gasteiger partial charge in [0.05, 0.1) is 11.6 Å². The van der Waals surface area contributed by atoms with E-state index in [1.165, 1.54) is 0 Å². The van der Waals surface area contributed by atoms with Crippen LogP contribution in [0.5, 0.6) is 0 Å². The molecule has 1 aromatic heterocycles. The third-order valence-electron chi connectivity index (χ3n) is 4.47. The molecule has 0 radical (unpaired) electrons. The minimum atomic E-state index is 0.114. The molecule has 1 N–H and O–H groups in total. The number of anilines is 1. The van der Waals surface area contributed by atoms with Gasteiger partial charge in [0.15, 0.2) is 0 Å². The van der Waals surface area contributed by atoms with Crippen molar-refractivity contribution < 1.29 is 4.79 Å². The van der Waals surface area contributed by atoms with Crippen LogP contribution in [0.1, 0.15) is 31.7 Å². The Hall–Kier alpha value is -2.61. The second kappa shape index (κ2) is 7.31. The fourth-order valence-corrected chi connectivity index (χ4v) is 3.23. The molecule has 1 aromatic rings. The number of aromatic nitrogens is 1. The van der Waals surface area contributed by atoms with Gasteiger partial charge in [0.1, 0.15) is 5.82 Å². The largest absolute Gasteiger partial charge is 0.366 e. The Morgan fingerprint density at radius 3 is 3.17 bits per heavy atom. The number of nitrogens with zero attached hydrogens (tertiary/aromatic N) is 3. The highest BCUT2D eigenvalue weighted by atomic mass is 16.2. The first-order valence-electron chi connectivity index (χ1n) is 8.46. The maximum absolute atomic E-state index is 12.7. The van der Waals surface area contributed by atoms with Gasteiger partial charge in [-0.1, -0.05) is 25.2 Å². The highest BCUT2D eigenvalue weighted by Gasteiger charge is 2.26. The molecule has 1 aliphatic heterocycles. The van der Waals surface area contributed by atoms with Crippen molar-refractivity contribution >= 4 is 11.7 Å². The molecule has 5 heteroatoms. The van der Waals surface area contributed by atoms with Gasteiger partial charge in [-0.05, 0) is 37.3 Å². The van der Waals surface area contributed by atoms with Crippen LogP contribution in [0, 0.1) is 17.2 Å². The van der Waals surface area contributed by atoms with Gasteiger partial charge < -0.3 is 10.2 Å². The van der Waals surface area contributed by atoms with Crippen LogP contribution < -0.4 is 5.32 Å². The molecular weight excluding hydrogens is 300 g/mol. The predicted octanol–water partition coefficient (Wildman–Crippen LogP) is 2.88. The number of piperidine rings is 1. The molecule has 5 nitrogen and oxygen atoms in total. The molecule has 0 saturated carbocycles. The summed E-state index contributed by atoms with van der Waals surface area (Å²) >= 11 is 0. The second-order valence-corrected chi connectivity index (χ2v) is 6.51. The minimum Gasteiger partial charge on any atom is -0.366 e. The van der Waals surface area contributed by atoms with Gasteiger partial charge in [0.25, 0.3) is 5.91 Å². The summed E-state index contributed by atoms with van der Waals surface area (Å²) in [5.74, 6) is 1.23. The lowest BCUT2D eigenvalue weighted by atomic mass is 9.96. The summed E-state index contributed by atoms with van der Waals surface area (Å²) in [4.78, 5) is 18.9. The van der Waals surface area contributed by atoms with Crippen LogP contribution in [0.3, 0.4) is 0 Å². The number of amides is 1. The van der Waals surface area contributed by atoms with E-state index in [1.807, 2.05) is 11.0 Å². The lowest BCUT2D eigenvalue weighted by Gasteiger charge is -2.34. The van der Waals surface area contributed by atoms with Crippen molar-refractivity contribution in [3.8, 4) is 6.07 Å². The molecule has 2 atom stereocenters. The third-order valence-corrected chi connectivity index (χ3v) is 4.47. The molecule has 2 heterocycles. The number of hydrogen-bond donors (Lipinski definition) is 1. The summed E-state index contributed by atoms with van der Waals surface area (Å²) in [6.45, 7) is 3.59. The molecule has 0 bridgehead atoms. The summed E-state index contributed by atoms with van der Waals surface area (Å²) in [6, 6.07) is 5.71. The zero-order chi connectivity index (χ0) is 16.9. The fourth-order valence-electron chi connectivity index (χ4n) is 3.23. The zero-order valence-corrected chi connectivity index (χ0v) is 13.9. The first-order chi connectivity index (χ1) is 11.7. The Morgan fingerprint density at radius 2 is 2.38 bits per heavy atom. The number of likely N-dealkylation sites (tertiary alicyclic amines) is 1. The lowest BCUT2D eigenvalue weighted by molar-refractivity contribution is -0.127. The van der Waals surface area contributed by atoms with Crippen molar-refractivity contribution in [2.45, 2.75) is 32.2 Å². The number of nitrogens with one attached hydrogen (secondary N) is 1. The molecule has 1 amide bonds. The van der Waals surface area contributed by atoms with Crippen molar-refractivity contribution in [2.75, 3.05) is 18.4 Å². The van der Waals surface area contributed by atoms with E-state index in [9.17, 15) is 4.79 Å². The molecule has 1 saturated heterocycles. The predicted molar refractivity (Wildman–Crippen MR) is 93.2 cm³/mol. The van der Waals surface area contributed by atoms with Crippen LogP contribution in [0.25, 0.3) is 0 Å². The van der Waals surface area contributed by atoms with Gasteiger partial charge in [-0.3, -0.25) is 4.79 Å². The minimum absolute atomic E-state index is 0.114. The quantitative estimate of drug-likeness (QED) is 0.929. The molecule has 1 aliphatic carbocycles. The molecule has 124 valence electrons. The van der Waals surface area contributed by atoms with E-state index >= 15 is 0 Å². The van der Waals surface area contributed by atoms with Crippen LogP contribution in [-0.2, 0) is 4.79 Å². The maximum Gasteiger partial charge on any atom is 0.253 e. The Morgan fingerprint density at radius 1 is 1.50 bits per heavy atom. The van der Waals surface area contributed by atoms with Gasteiger partial charge in [-0.25, -0.2) is 4.98 Å². The smallest absolute Gasteiger partial charge is 0.253 e. The summed E-state index contributed by atoms with van der Waals surface area (Å²) < 4.78 is 0. The van der Waals surface area contributed by atoms with E-state index in [2.05, 4.69) is 35.4 Å². The highest BCUT2D eigenvalue weighted by molar-refractivity contribution is 5.96. The van der Waals surface area contributed by atoms with Crippen molar-refractivity contribution in [3.63, 3.8) is 0 Å². The van der Waals surface area contributed by atoms with E-state index in [0.29, 0.717) is 23.8 Å². The van der Waals surface area contributed by atoms with Crippen LogP contribution in [-0.4, -0.2) is 34.9 Å². The van der Waals surface area contributed by atoms with Crippen LogP contribution in [0.4, 0.5) is 5.82 Å². The van der Waals surface area contributed by atoms with Crippen molar-refractivity contribution in [3.05, 3.63) is 47.7 Å². The summed E-state index contributed by atoms with van der Waals surface area (Å²) in [7, 11) is 0. The lowest BCUT2D eigenvalue weighted by Crippen LogP contribution is -2.45. The number of carbonyl (C=O) groups is 1. The third kappa shape index (κ3) is 3.83. The average molecular weight is 322 g/mol. The Bertz CT molecular complexity index is 716. The molecular formula is C19H22N4O. The van der Waals surface area contributed by atoms with Gasteiger partial charge in [-0.15, -0.1) is 0 Å². The zero-order valence-electron chi connectivity index (χ0n) is 13.9. The van der Waals surface area contributed by atoms with Crippen molar-refractivity contribution in [1.82, 2.24) is 9.88 Å². The Labute approximate surface area is 142 Å². The SMILES string of the molecule is CC1C=C(C(=O)N2CCC[C@@H](Nc3cc(C#N)ccn3)C2)C=CC1. The first-order valence-corrected chi connectivity index (χ1v) is 8.46. The van der Waals surface area contributed by atoms with Crippen molar-refractivity contribution in [2.24, 2.45) is 5.92 Å². The Kier molecular flexibility index (Phi) is 4.95. The number of rotatable bonds is 3.